The maximum atomic E-state index is 13.6. The second-order valence-electron chi connectivity index (χ2n) is 10.7. The standard InChI is InChI=1S/C26H43N5O6/c1-27-25(36)23(34)19(14-18-9-11-28-12-10-18)30-24(35)21-8-5-13-31(21)26(37)20(29-16-22(32)33)15-17-6-3-2-4-7-17/h17-21,28-29H,2-16H2,1H3,(H,27,36)(H,30,35)(H,32,33)/t19?,20-,21+/m1/s1. The van der Waals surface area contributed by atoms with E-state index in [9.17, 15) is 29.1 Å². The number of hydrogen-bond donors (Lipinski definition) is 5. The largest absolute Gasteiger partial charge is 0.480 e. The van der Waals surface area contributed by atoms with Crippen molar-refractivity contribution in [1.29, 1.82) is 0 Å². The molecule has 11 heteroatoms. The summed E-state index contributed by atoms with van der Waals surface area (Å²) in [7, 11) is 1.39. The molecular formula is C26H43N5O6. The zero-order chi connectivity index (χ0) is 26.8. The number of ketones is 1. The Bertz CT molecular complexity index is 824. The van der Waals surface area contributed by atoms with E-state index in [-0.39, 0.29) is 18.4 Å². The molecule has 37 heavy (non-hydrogen) atoms. The van der Waals surface area contributed by atoms with Crippen LogP contribution in [0.25, 0.3) is 0 Å². The van der Waals surface area contributed by atoms with Gasteiger partial charge in [-0.05, 0) is 63.5 Å². The number of nitrogens with one attached hydrogen (secondary N) is 4. The number of piperidine rings is 1. The van der Waals surface area contributed by atoms with E-state index >= 15 is 0 Å². The predicted octanol–water partition coefficient (Wildman–Crippen LogP) is 0.180. The van der Waals surface area contributed by atoms with Crippen LogP contribution in [-0.2, 0) is 24.0 Å². The fourth-order valence-corrected chi connectivity index (χ4v) is 5.97. The number of amides is 3. The Hall–Kier alpha value is -2.53. The van der Waals surface area contributed by atoms with Crippen molar-refractivity contribution in [2.75, 3.05) is 33.2 Å². The van der Waals surface area contributed by atoms with Crippen molar-refractivity contribution in [3.63, 3.8) is 0 Å². The van der Waals surface area contributed by atoms with Gasteiger partial charge in [-0.3, -0.25) is 29.3 Å². The minimum Gasteiger partial charge on any atom is -0.480 e. The molecule has 2 heterocycles. The first-order valence-corrected chi connectivity index (χ1v) is 13.8. The van der Waals surface area contributed by atoms with Crippen LogP contribution in [-0.4, -0.2) is 90.8 Å². The van der Waals surface area contributed by atoms with Crippen molar-refractivity contribution in [3.8, 4) is 0 Å². The van der Waals surface area contributed by atoms with E-state index in [0.717, 1.165) is 51.6 Å². The van der Waals surface area contributed by atoms with Gasteiger partial charge >= 0.3 is 5.97 Å². The molecule has 0 bridgehead atoms. The number of carbonyl (C=O) groups is 5. The molecule has 0 aromatic heterocycles. The van der Waals surface area contributed by atoms with E-state index in [1.54, 1.807) is 0 Å². The molecule has 208 valence electrons. The van der Waals surface area contributed by atoms with Gasteiger partial charge in [0.25, 0.3) is 5.91 Å². The Morgan fingerprint density at radius 2 is 1.54 bits per heavy atom. The topological polar surface area (TPSA) is 157 Å². The fourth-order valence-electron chi connectivity index (χ4n) is 5.97. The number of nitrogens with zero attached hydrogens (tertiary/aromatic N) is 1. The second kappa shape index (κ2) is 14.4. The van der Waals surface area contributed by atoms with Gasteiger partial charge in [-0.25, -0.2) is 0 Å². The molecule has 1 unspecified atom stereocenters. The summed E-state index contributed by atoms with van der Waals surface area (Å²) in [5, 5.41) is 20.5. The molecule has 3 amide bonds. The first-order chi connectivity index (χ1) is 17.8. The highest BCUT2D eigenvalue weighted by Crippen LogP contribution is 2.29. The molecule has 3 rings (SSSR count). The van der Waals surface area contributed by atoms with Crippen LogP contribution in [0.5, 0.6) is 0 Å². The average Bonchev–Trinajstić information content (AvgIpc) is 3.40. The van der Waals surface area contributed by atoms with Crippen LogP contribution in [0.4, 0.5) is 0 Å². The number of rotatable bonds is 12. The van der Waals surface area contributed by atoms with Gasteiger partial charge in [0.1, 0.15) is 6.04 Å². The molecule has 0 radical (unpaired) electrons. The van der Waals surface area contributed by atoms with Crippen molar-refractivity contribution in [2.24, 2.45) is 11.8 Å². The number of carbonyl (C=O) groups excluding carboxylic acids is 4. The molecule has 11 nitrogen and oxygen atoms in total. The zero-order valence-corrected chi connectivity index (χ0v) is 21.9. The van der Waals surface area contributed by atoms with E-state index < -0.39 is 41.7 Å². The van der Waals surface area contributed by atoms with Crippen molar-refractivity contribution >= 4 is 29.5 Å². The van der Waals surface area contributed by atoms with E-state index in [2.05, 4.69) is 21.3 Å². The quantitative estimate of drug-likeness (QED) is 0.228. The van der Waals surface area contributed by atoms with E-state index in [0.29, 0.717) is 38.1 Å². The first kappa shape index (κ1) is 29.0. The molecule has 5 N–H and O–H groups in total. The Balaban J connectivity index is 1.69. The third-order valence-corrected chi connectivity index (χ3v) is 8.04. The van der Waals surface area contributed by atoms with Crippen molar-refractivity contribution in [1.82, 2.24) is 26.2 Å². The molecule has 0 spiro atoms. The lowest BCUT2D eigenvalue weighted by atomic mass is 9.84. The summed E-state index contributed by atoms with van der Waals surface area (Å²) in [5.74, 6) is -2.60. The van der Waals surface area contributed by atoms with Gasteiger partial charge in [0.2, 0.25) is 17.6 Å². The minimum atomic E-state index is -1.04. The lowest BCUT2D eigenvalue weighted by Crippen LogP contribution is -2.56. The Morgan fingerprint density at radius 1 is 0.892 bits per heavy atom. The summed E-state index contributed by atoms with van der Waals surface area (Å²) < 4.78 is 0. The summed E-state index contributed by atoms with van der Waals surface area (Å²) >= 11 is 0. The molecule has 2 saturated heterocycles. The van der Waals surface area contributed by atoms with Crippen LogP contribution in [0.15, 0.2) is 0 Å². The van der Waals surface area contributed by atoms with Gasteiger partial charge in [0.15, 0.2) is 0 Å². The maximum Gasteiger partial charge on any atom is 0.317 e. The second-order valence-corrected chi connectivity index (χ2v) is 10.7. The third-order valence-electron chi connectivity index (χ3n) is 8.04. The molecule has 3 aliphatic rings. The van der Waals surface area contributed by atoms with E-state index in [1.807, 2.05) is 0 Å². The average molecular weight is 522 g/mol. The number of carboxylic acids is 1. The highest BCUT2D eigenvalue weighted by atomic mass is 16.4. The van der Waals surface area contributed by atoms with Gasteiger partial charge in [-0.1, -0.05) is 32.1 Å². The van der Waals surface area contributed by atoms with Gasteiger partial charge in [0.05, 0.1) is 18.6 Å². The summed E-state index contributed by atoms with van der Waals surface area (Å²) in [6.07, 6.45) is 9.18. The van der Waals surface area contributed by atoms with E-state index in [1.165, 1.54) is 18.4 Å². The van der Waals surface area contributed by atoms with Crippen LogP contribution in [0.2, 0.25) is 0 Å². The Labute approximate surface area is 218 Å². The van der Waals surface area contributed by atoms with Crippen molar-refractivity contribution in [3.05, 3.63) is 0 Å². The SMILES string of the molecule is CNC(=O)C(=O)C(CC1CCNCC1)NC(=O)[C@@H]1CCCN1C(=O)[C@@H](CC1CCCCC1)NCC(=O)O. The Morgan fingerprint density at radius 3 is 2.19 bits per heavy atom. The van der Waals surface area contributed by atoms with Gasteiger partial charge in [-0.15, -0.1) is 0 Å². The number of Topliss-reactive ketones (excluding diaryl/α,β-unsaturated/α-hetero) is 1. The Kier molecular flexibility index (Phi) is 11.3. The monoisotopic (exact) mass is 521 g/mol. The smallest absolute Gasteiger partial charge is 0.317 e. The molecule has 0 aromatic rings. The summed E-state index contributed by atoms with van der Waals surface area (Å²) in [4.78, 5) is 64.7. The van der Waals surface area contributed by atoms with Gasteiger partial charge < -0.3 is 26.0 Å². The number of hydrogen-bond acceptors (Lipinski definition) is 7. The lowest BCUT2D eigenvalue weighted by molar-refractivity contribution is -0.143. The van der Waals surface area contributed by atoms with Crippen molar-refractivity contribution in [2.45, 2.75) is 88.8 Å². The first-order valence-electron chi connectivity index (χ1n) is 13.8. The summed E-state index contributed by atoms with van der Waals surface area (Å²) in [5.41, 5.74) is 0. The number of carboxylic acid groups (broad SMARTS) is 1. The third kappa shape index (κ3) is 8.49. The molecule has 3 atom stereocenters. The molecule has 1 saturated carbocycles. The van der Waals surface area contributed by atoms with Crippen molar-refractivity contribution < 1.29 is 29.1 Å². The highest BCUT2D eigenvalue weighted by molar-refractivity contribution is 6.38. The number of likely N-dealkylation sites (N-methyl/N-ethyl adjacent to an activating group) is 1. The highest BCUT2D eigenvalue weighted by Gasteiger charge is 2.40. The van der Waals surface area contributed by atoms with Gasteiger partial charge in [-0.2, -0.15) is 0 Å². The van der Waals surface area contributed by atoms with Crippen LogP contribution in [0, 0.1) is 11.8 Å². The fraction of sp³-hybridized carbons (Fsp3) is 0.808. The summed E-state index contributed by atoms with van der Waals surface area (Å²) in [6.45, 7) is 1.73. The van der Waals surface area contributed by atoms with Crippen LogP contribution in [0.3, 0.4) is 0 Å². The summed E-state index contributed by atoms with van der Waals surface area (Å²) in [6, 6.07) is -2.37. The van der Waals surface area contributed by atoms with Crippen LogP contribution in [0.1, 0.15) is 70.6 Å². The normalized spacial score (nSPS) is 22.7. The van der Waals surface area contributed by atoms with Crippen LogP contribution < -0.4 is 21.3 Å². The number of aliphatic carboxylic acids is 1. The van der Waals surface area contributed by atoms with Gasteiger partial charge in [0, 0.05) is 13.6 Å². The zero-order valence-electron chi connectivity index (χ0n) is 21.9. The van der Waals surface area contributed by atoms with E-state index in [4.69, 9.17) is 0 Å². The minimum absolute atomic E-state index is 0.210. The molecule has 1 aliphatic carbocycles. The molecule has 0 aromatic carbocycles. The van der Waals surface area contributed by atoms with Crippen LogP contribution >= 0.6 is 0 Å². The lowest BCUT2D eigenvalue weighted by Gasteiger charge is -2.32. The number of likely N-dealkylation sites (tertiary alicyclic amines) is 1. The predicted molar refractivity (Wildman–Crippen MR) is 137 cm³/mol. The maximum absolute atomic E-state index is 13.6. The molecular weight excluding hydrogens is 478 g/mol. The molecule has 3 fully saturated rings. The molecule has 2 aliphatic heterocycles.